The molecule has 0 amide bonds. The number of nitrogens with zero attached hydrogens (tertiary/aromatic N) is 3. The van der Waals surface area contributed by atoms with Crippen molar-refractivity contribution in [3.8, 4) is 0 Å². The van der Waals surface area contributed by atoms with Crippen LogP contribution in [0.1, 0.15) is 32.2 Å². The van der Waals surface area contributed by atoms with E-state index in [-0.39, 0.29) is 0 Å². The average molecular weight is 238 g/mol. The summed E-state index contributed by atoms with van der Waals surface area (Å²) in [5, 5.41) is 7.92. The minimum absolute atomic E-state index is 0.955. The van der Waals surface area contributed by atoms with Gasteiger partial charge in [0.15, 0.2) is 0 Å². The van der Waals surface area contributed by atoms with Crippen molar-refractivity contribution < 1.29 is 0 Å². The first-order chi connectivity index (χ1) is 8.21. The standard InChI is InChI=1S/C13H26N4/c1-5-12-10-13(17(7-3)15-12)11-16(4)9-8-14-6-2/h10,14H,5-9,11H2,1-4H3. The summed E-state index contributed by atoms with van der Waals surface area (Å²) in [4.78, 5) is 2.34. The number of aromatic nitrogens is 2. The van der Waals surface area contributed by atoms with Gasteiger partial charge >= 0.3 is 0 Å². The molecule has 1 aromatic rings. The van der Waals surface area contributed by atoms with E-state index in [4.69, 9.17) is 0 Å². The van der Waals surface area contributed by atoms with Crippen molar-refractivity contribution in [1.82, 2.24) is 20.0 Å². The SMILES string of the molecule is CCNCCN(C)Cc1cc(CC)nn1CC. The summed E-state index contributed by atoms with van der Waals surface area (Å²) in [6.45, 7) is 11.5. The van der Waals surface area contributed by atoms with Crippen LogP contribution in [0.2, 0.25) is 0 Å². The van der Waals surface area contributed by atoms with E-state index in [0.717, 1.165) is 39.1 Å². The lowest BCUT2D eigenvalue weighted by Crippen LogP contribution is -2.29. The molecule has 0 unspecified atom stereocenters. The minimum atomic E-state index is 0.955. The van der Waals surface area contributed by atoms with Crippen molar-refractivity contribution in [2.24, 2.45) is 0 Å². The van der Waals surface area contributed by atoms with Crippen molar-refractivity contribution in [2.45, 2.75) is 40.3 Å². The lowest BCUT2D eigenvalue weighted by atomic mass is 10.3. The van der Waals surface area contributed by atoms with Crippen molar-refractivity contribution in [1.29, 1.82) is 0 Å². The van der Waals surface area contributed by atoms with Crippen LogP contribution >= 0.6 is 0 Å². The van der Waals surface area contributed by atoms with Gasteiger partial charge in [-0.1, -0.05) is 13.8 Å². The van der Waals surface area contributed by atoms with E-state index >= 15 is 0 Å². The second-order valence-corrected chi connectivity index (χ2v) is 4.39. The molecule has 1 aromatic heterocycles. The van der Waals surface area contributed by atoms with Crippen LogP contribution < -0.4 is 5.32 Å². The third-order valence-electron chi connectivity index (χ3n) is 2.93. The summed E-state index contributed by atoms with van der Waals surface area (Å²) in [7, 11) is 2.16. The summed E-state index contributed by atoms with van der Waals surface area (Å²) >= 11 is 0. The van der Waals surface area contributed by atoms with Crippen molar-refractivity contribution in [2.75, 3.05) is 26.7 Å². The Hall–Kier alpha value is -0.870. The molecule has 0 aliphatic rings. The summed E-state index contributed by atoms with van der Waals surface area (Å²) < 4.78 is 2.11. The number of hydrogen-bond acceptors (Lipinski definition) is 3. The Morgan fingerprint density at radius 1 is 1.35 bits per heavy atom. The van der Waals surface area contributed by atoms with Crippen molar-refractivity contribution >= 4 is 0 Å². The molecule has 0 bridgehead atoms. The zero-order valence-electron chi connectivity index (χ0n) is 11.7. The second-order valence-electron chi connectivity index (χ2n) is 4.39. The highest BCUT2D eigenvalue weighted by atomic mass is 15.3. The smallest absolute Gasteiger partial charge is 0.0625 e. The number of hydrogen-bond donors (Lipinski definition) is 1. The Labute approximate surface area is 105 Å². The molecule has 0 spiro atoms. The Balaban J connectivity index is 2.51. The lowest BCUT2D eigenvalue weighted by Gasteiger charge is -2.17. The van der Waals surface area contributed by atoms with E-state index in [1.54, 1.807) is 0 Å². The molecule has 0 aromatic carbocycles. The monoisotopic (exact) mass is 238 g/mol. The summed E-state index contributed by atoms with van der Waals surface area (Å²) in [6.07, 6.45) is 1.01. The van der Waals surface area contributed by atoms with Crippen LogP contribution in [0.5, 0.6) is 0 Å². The van der Waals surface area contributed by atoms with E-state index < -0.39 is 0 Å². The van der Waals surface area contributed by atoms with E-state index in [0.29, 0.717) is 0 Å². The minimum Gasteiger partial charge on any atom is -0.316 e. The van der Waals surface area contributed by atoms with Crippen molar-refractivity contribution in [3.05, 3.63) is 17.5 Å². The lowest BCUT2D eigenvalue weighted by molar-refractivity contribution is 0.314. The van der Waals surface area contributed by atoms with Gasteiger partial charge in [-0.15, -0.1) is 0 Å². The zero-order chi connectivity index (χ0) is 12.7. The molecule has 0 aliphatic carbocycles. The van der Waals surface area contributed by atoms with Gasteiger partial charge in [-0.05, 0) is 33.0 Å². The van der Waals surface area contributed by atoms with Gasteiger partial charge in [0.2, 0.25) is 0 Å². The third kappa shape index (κ3) is 4.48. The Morgan fingerprint density at radius 3 is 2.71 bits per heavy atom. The van der Waals surface area contributed by atoms with Crippen LogP contribution in [0.25, 0.3) is 0 Å². The molecule has 1 rings (SSSR count). The maximum atomic E-state index is 4.57. The van der Waals surface area contributed by atoms with Crippen LogP contribution in [-0.2, 0) is 19.5 Å². The predicted octanol–water partition coefficient (Wildman–Crippen LogP) is 1.51. The molecule has 1 N–H and O–H groups in total. The van der Waals surface area contributed by atoms with Crippen LogP contribution in [0, 0.1) is 0 Å². The highest BCUT2D eigenvalue weighted by Crippen LogP contribution is 2.07. The van der Waals surface area contributed by atoms with Crippen LogP contribution in [-0.4, -0.2) is 41.4 Å². The van der Waals surface area contributed by atoms with Crippen LogP contribution in [0.15, 0.2) is 6.07 Å². The first kappa shape index (κ1) is 14.2. The fourth-order valence-corrected chi connectivity index (χ4v) is 1.89. The average Bonchev–Trinajstić information content (AvgIpc) is 2.71. The molecule has 0 saturated heterocycles. The molecular formula is C13H26N4. The molecule has 17 heavy (non-hydrogen) atoms. The largest absolute Gasteiger partial charge is 0.316 e. The Morgan fingerprint density at radius 2 is 2.12 bits per heavy atom. The van der Waals surface area contributed by atoms with Gasteiger partial charge in [0.05, 0.1) is 11.4 Å². The van der Waals surface area contributed by atoms with E-state index in [1.807, 2.05) is 0 Å². The fraction of sp³-hybridized carbons (Fsp3) is 0.769. The molecule has 0 radical (unpaired) electrons. The summed E-state index contributed by atoms with van der Waals surface area (Å²) in [5.41, 5.74) is 2.52. The Kier molecular flexibility index (Phi) is 6.22. The van der Waals surface area contributed by atoms with Gasteiger partial charge in [-0.3, -0.25) is 9.58 Å². The van der Waals surface area contributed by atoms with Gasteiger partial charge in [0.25, 0.3) is 0 Å². The normalized spacial score (nSPS) is 11.4. The molecule has 98 valence electrons. The number of likely N-dealkylation sites (N-methyl/N-ethyl adjacent to an activating group) is 2. The third-order valence-corrected chi connectivity index (χ3v) is 2.93. The molecule has 4 nitrogen and oxygen atoms in total. The maximum Gasteiger partial charge on any atom is 0.0625 e. The zero-order valence-corrected chi connectivity index (χ0v) is 11.7. The topological polar surface area (TPSA) is 33.1 Å². The molecule has 1 heterocycles. The van der Waals surface area contributed by atoms with Crippen LogP contribution in [0.3, 0.4) is 0 Å². The second kappa shape index (κ2) is 7.45. The van der Waals surface area contributed by atoms with E-state index in [9.17, 15) is 0 Å². The highest BCUT2D eigenvalue weighted by Gasteiger charge is 2.07. The molecule has 0 saturated carbocycles. The van der Waals surface area contributed by atoms with E-state index in [1.165, 1.54) is 11.4 Å². The molecule has 0 aliphatic heterocycles. The quantitative estimate of drug-likeness (QED) is 0.697. The molecule has 0 fully saturated rings. The van der Waals surface area contributed by atoms with Gasteiger partial charge in [0, 0.05) is 26.2 Å². The fourth-order valence-electron chi connectivity index (χ4n) is 1.89. The summed E-state index contributed by atoms with van der Waals surface area (Å²) in [5.74, 6) is 0. The number of aryl methyl sites for hydroxylation is 2. The molecular weight excluding hydrogens is 212 g/mol. The van der Waals surface area contributed by atoms with Gasteiger partial charge in [-0.25, -0.2) is 0 Å². The number of nitrogens with one attached hydrogen (secondary N) is 1. The Bertz CT molecular complexity index is 319. The van der Waals surface area contributed by atoms with E-state index in [2.05, 4.69) is 53.9 Å². The number of rotatable bonds is 8. The summed E-state index contributed by atoms with van der Waals surface area (Å²) in [6, 6.07) is 2.23. The molecule has 0 atom stereocenters. The van der Waals surface area contributed by atoms with Gasteiger partial charge in [0.1, 0.15) is 0 Å². The van der Waals surface area contributed by atoms with Gasteiger partial charge < -0.3 is 5.32 Å². The maximum absolute atomic E-state index is 4.57. The van der Waals surface area contributed by atoms with Crippen molar-refractivity contribution in [3.63, 3.8) is 0 Å². The molecule has 4 heteroatoms. The first-order valence-electron chi connectivity index (χ1n) is 6.66. The predicted molar refractivity (Wildman–Crippen MR) is 72.2 cm³/mol. The highest BCUT2D eigenvalue weighted by molar-refractivity contribution is 5.10. The van der Waals surface area contributed by atoms with Crippen LogP contribution in [0.4, 0.5) is 0 Å². The van der Waals surface area contributed by atoms with Gasteiger partial charge in [-0.2, -0.15) is 5.10 Å². The first-order valence-corrected chi connectivity index (χ1v) is 6.66.